The topological polar surface area (TPSA) is 131 Å². The number of pyridine rings is 1. The van der Waals surface area contributed by atoms with Crippen LogP contribution in [-0.4, -0.2) is 33.0 Å². The summed E-state index contributed by atoms with van der Waals surface area (Å²) in [5.41, 5.74) is 5.22. The van der Waals surface area contributed by atoms with Crippen LogP contribution >= 0.6 is 0 Å². The Balaban J connectivity index is 0.000000288. The van der Waals surface area contributed by atoms with Crippen LogP contribution in [-0.2, 0) is 9.59 Å². The Labute approximate surface area is 84.2 Å². The summed E-state index contributed by atoms with van der Waals surface area (Å²) in [6, 6.07) is 5.02. The molecule has 0 aliphatic heterocycles. The first-order valence-corrected chi connectivity index (χ1v) is 3.62. The van der Waals surface area contributed by atoms with Crippen molar-refractivity contribution < 1.29 is 24.6 Å². The Hall–Kier alpha value is -2.44. The zero-order chi connectivity index (χ0) is 11.8. The van der Waals surface area contributed by atoms with Gasteiger partial charge >= 0.3 is 11.9 Å². The van der Waals surface area contributed by atoms with E-state index in [1.54, 1.807) is 18.2 Å². The number of rotatable bonds is 1. The molecule has 80 valence electrons. The number of primary amides is 1. The summed E-state index contributed by atoms with van der Waals surface area (Å²) in [7, 11) is 0. The Morgan fingerprint density at radius 1 is 1.13 bits per heavy atom. The molecule has 0 aliphatic carbocycles. The summed E-state index contributed by atoms with van der Waals surface area (Å²) in [5, 5.41) is 14.8. The van der Waals surface area contributed by atoms with Crippen LogP contribution < -0.4 is 5.73 Å². The van der Waals surface area contributed by atoms with Crippen molar-refractivity contribution in [2.75, 3.05) is 0 Å². The minimum atomic E-state index is -1.82. The Bertz CT molecular complexity index is 351. The van der Waals surface area contributed by atoms with E-state index in [0.717, 1.165) is 0 Å². The molecule has 7 heteroatoms. The number of carboxylic acid groups (broad SMARTS) is 2. The third kappa shape index (κ3) is 5.75. The zero-order valence-electron chi connectivity index (χ0n) is 7.45. The van der Waals surface area contributed by atoms with Gasteiger partial charge in [0.05, 0.1) is 0 Å². The lowest BCUT2D eigenvalue weighted by molar-refractivity contribution is -0.159. The minimum absolute atomic E-state index is 0.303. The van der Waals surface area contributed by atoms with Crippen LogP contribution in [0, 0.1) is 0 Å². The van der Waals surface area contributed by atoms with E-state index in [9.17, 15) is 4.79 Å². The van der Waals surface area contributed by atoms with Crippen molar-refractivity contribution in [1.29, 1.82) is 0 Å². The van der Waals surface area contributed by atoms with Crippen molar-refractivity contribution in [2.24, 2.45) is 5.73 Å². The van der Waals surface area contributed by atoms with Gasteiger partial charge in [-0.25, -0.2) is 9.59 Å². The predicted molar refractivity (Wildman–Crippen MR) is 48.0 cm³/mol. The second-order valence-corrected chi connectivity index (χ2v) is 2.19. The number of aromatic nitrogens is 1. The smallest absolute Gasteiger partial charge is 0.414 e. The summed E-state index contributed by atoms with van der Waals surface area (Å²) >= 11 is 0. The van der Waals surface area contributed by atoms with E-state index >= 15 is 0 Å². The third-order valence-electron chi connectivity index (χ3n) is 1.10. The van der Waals surface area contributed by atoms with Crippen molar-refractivity contribution >= 4 is 17.8 Å². The number of carboxylic acids is 2. The molecule has 0 fully saturated rings. The Morgan fingerprint density at radius 3 is 1.87 bits per heavy atom. The summed E-state index contributed by atoms with van der Waals surface area (Å²) < 4.78 is 0. The number of hydrogen-bond acceptors (Lipinski definition) is 4. The molecular formula is C8H8N2O5. The number of amides is 1. The molecule has 15 heavy (non-hydrogen) atoms. The van der Waals surface area contributed by atoms with Crippen LogP contribution in [0.3, 0.4) is 0 Å². The molecule has 0 spiro atoms. The van der Waals surface area contributed by atoms with Crippen LogP contribution in [0.15, 0.2) is 24.4 Å². The number of nitrogens with zero attached hydrogens (tertiary/aromatic N) is 1. The Kier molecular flexibility index (Phi) is 5.09. The van der Waals surface area contributed by atoms with Crippen molar-refractivity contribution in [3.63, 3.8) is 0 Å². The number of hydrogen-bond donors (Lipinski definition) is 3. The maximum Gasteiger partial charge on any atom is 0.414 e. The van der Waals surface area contributed by atoms with E-state index in [1.165, 1.54) is 6.20 Å². The molecule has 0 atom stereocenters. The molecule has 0 unspecified atom stereocenters. The zero-order valence-corrected chi connectivity index (χ0v) is 7.45. The molecule has 1 amide bonds. The molecule has 4 N–H and O–H groups in total. The molecule has 0 radical (unpaired) electrons. The van der Waals surface area contributed by atoms with Gasteiger partial charge in [0.1, 0.15) is 5.69 Å². The van der Waals surface area contributed by atoms with Gasteiger partial charge in [-0.3, -0.25) is 9.78 Å². The molecule has 0 aliphatic rings. The number of aliphatic carboxylic acids is 2. The lowest BCUT2D eigenvalue weighted by Gasteiger charge is -1.88. The SMILES string of the molecule is NC(=O)c1ccccn1.O=C(O)C(=O)O. The second kappa shape index (κ2) is 6.08. The lowest BCUT2D eigenvalue weighted by Crippen LogP contribution is -2.12. The molecule has 7 nitrogen and oxygen atoms in total. The molecular weight excluding hydrogens is 204 g/mol. The van der Waals surface area contributed by atoms with Gasteiger partial charge < -0.3 is 15.9 Å². The van der Waals surface area contributed by atoms with Crippen LogP contribution in [0.1, 0.15) is 10.5 Å². The minimum Gasteiger partial charge on any atom is -0.473 e. The monoisotopic (exact) mass is 212 g/mol. The van der Waals surface area contributed by atoms with E-state index in [1.807, 2.05) is 0 Å². The normalized spacial score (nSPS) is 8.27. The van der Waals surface area contributed by atoms with Gasteiger partial charge in [-0.15, -0.1) is 0 Å². The lowest BCUT2D eigenvalue weighted by atomic mass is 10.3. The largest absolute Gasteiger partial charge is 0.473 e. The van der Waals surface area contributed by atoms with E-state index in [2.05, 4.69) is 4.98 Å². The van der Waals surface area contributed by atoms with Gasteiger partial charge in [-0.1, -0.05) is 6.07 Å². The average molecular weight is 212 g/mol. The first kappa shape index (κ1) is 12.6. The highest BCUT2D eigenvalue weighted by atomic mass is 16.4. The fourth-order valence-corrected chi connectivity index (χ4v) is 0.509. The molecule has 1 rings (SSSR count). The predicted octanol–water partition coefficient (Wildman–Crippen LogP) is -0.664. The van der Waals surface area contributed by atoms with Crippen LogP contribution in [0.2, 0.25) is 0 Å². The molecule has 0 aromatic carbocycles. The van der Waals surface area contributed by atoms with E-state index in [4.69, 9.17) is 25.5 Å². The van der Waals surface area contributed by atoms with Crippen LogP contribution in [0.4, 0.5) is 0 Å². The quantitative estimate of drug-likeness (QED) is 0.529. The highest BCUT2D eigenvalue weighted by Gasteiger charge is 2.04. The maximum atomic E-state index is 10.4. The van der Waals surface area contributed by atoms with Crippen molar-refractivity contribution in [3.8, 4) is 0 Å². The standard InChI is InChI=1S/C6H6N2O.C2H2O4/c7-6(9)5-3-1-2-4-8-5;3-1(4)2(5)6/h1-4H,(H2,7,9);(H,3,4)(H,5,6). The van der Waals surface area contributed by atoms with Gasteiger partial charge in [0.2, 0.25) is 0 Å². The second-order valence-electron chi connectivity index (χ2n) is 2.19. The highest BCUT2D eigenvalue weighted by Crippen LogP contribution is 1.88. The van der Waals surface area contributed by atoms with Crippen LogP contribution in [0.25, 0.3) is 0 Å². The van der Waals surface area contributed by atoms with E-state index in [-0.39, 0.29) is 0 Å². The van der Waals surface area contributed by atoms with Gasteiger partial charge in [0.15, 0.2) is 0 Å². The maximum absolute atomic E-state index is 10.4. The van der Waals surface area contributed by atoms with Crippen LogP contribution in [0.5, 0.6) is 0 Å². The summed E-state index contributed by atoms with van der Waals surface area (Å²) in [5.74, 6) is -4.14. The number of nitrogens with two attached hydrogens (primary N) is 1. The highest BCUT2D eigenvalue weighted by molar-refractivity contribution is 6.27. The number of carbonyl (C=O) groups excluding carboxylic acids is 1. The fourth-order valence-electron chi connectivity index (χ4n) is 0.509. The van der Waals surface area contributed by atoms with E-state index in [0.29, 0.717) is 5.69 Å². The fraction of sp³-hybridized carbons (Fsp3) is 0. The molecule has 1 aromatic heterocycles. The summed E-state index contributed by atoms with van der Waals surface area (Å²) in [6.45, 7) is 0. The van der Waals surface area contributed by atoms with Gasteiger partial charge in [0.25, 0.3) is 5.91 Å². The number of carbonyl (C=O) groups is 3. The van der Waals surface area contributed by atoms with Crippen molar-refractivity contribution in [2.45, 2.75) is 0 Å². The first-order valence-electron chi connectivity index (χ1n) is 3.62. The average Bonchev–Trinajstić information content (AvgIpc) is 2.20. The molecule has 0 saturated heterocycles. The first-order chi connectivity index (χ1) is 6.95. The molecule has 0 bridgehead atoms. The van der Waals surface area contributed by atoms with Crippen molar-refractivity contribution in [1.82, 2.24) is 4.98 Å². The third-order valence-corrected chi connectivity index (χ3v) is 1.10. The molecule has 0 saturated carbocycles. The molecule has 1 aromatic rings. The summed E-state index contributed by atoms with van der Waals surface area (Å²) in [6.07, 6.45) is 1.53. The van der Waals surface area contributed by atoms with E-state index < -0.39 is 17.8 Å². The summed E-state index contributed by atoms with van der Waals surface area (Å²) in [4.78, 5) is 32.3. The van der Waals surface area contributed by atoms with Gasteiger partial charge in [0, 0.05) is 6.20 Å². The van der Waals surface area contributed by atoms with Gasteiger partial charge in [-0.05, 0) is 12.1 Å². The molecule has 1 heterocycles. The van der Waals surface area contributed by atoms with Gasteiger partial charge in [-0.2, -0.15) is 0 Å². The Morgan fingerprint density at radius 2 is 1.67 bits per heavy atom. The van der Waals surface area contributed by atoms with Crippen molar-refractivity contribution in [3.05, 3.63) is 30.1 Å².